The topological polar surface area (TPSA) is 104 Å². The lowest BCUT2D eigenvalue weighted by Crippen LogP contribution is -2.58. The molecule has 7 nitrogen and oxygen atoms in total. The monoisotopic (exact) mass is 445 g/mol. The largest absolute Gasteiger partial charge is 0.394 e. The molecule has 0 unspecified atom stereocenters. The van der Waals surface area contributed by atoms with Crippen molar-refractivity contribution in [2.75, 3.05) is 13.7 Å². The predicted octanol–water partition coefficient (Wildman–Crippen LogP) is 1.71. The number of likely N-dealkylation sites (N-methyl/N-ethyl adjacent to an activating group) is 1. The number of carbonyl (C=O) groups excluding carboxylic acids is 3. The highest BCUT2D eigenvalue weighted by molar-refractivity contribution is 6.14. The third-order valence-corrected chi connectivity index (χ3v) is 9.79. The van der Waals surface area contributed by atoms with E-state index in [4.69, 9.17) is 4.74 Å². The van der Waals surface area contributed by atoms with Crippen molar-refractivity contribution in [1.82, 2.24) is 4.90 Å². The first kappa shape index (κ1) is 22.2. The number of hydrogen-bond acceptors (Lipinski definition) is 6. The van der Waals surface area contributed by atoms with Crippen molar-refractivity contribution in [2.24, 2.45) is 40.4 Å². The van der Waals surface area contributed by atoms with Gasteiger partial charge in [0.25, 0.3) is 0 Å². The molecule has 0 aromatic carbocycles. The zero-order valence-corrected chi connectivity index (χ0v) is 19.6. The van der Waals surface area contributed by atoms with Gasteiger partial charge in [-0.2, -0.15) is 0 Å². The number of aliphatic hydroxyl groups excluding tert-OH is 1. The van der Waals surface area contributed by atoms with E-state index < -0.39 is 47.2 Å². The lowest BCUT2D eigenvalue weighted by molar-refractivity contribution is -0.242. The Morgan fingerprint density at radius 3 is 2.62 bits per heavy atom. The molecule has 0 radical (unpaired) electrons. The highest BCUT2D eigenvalue weighted by atomic mass is 16.6. The molecule has 5 rings (SSSR count). The molecule has 2 saturated carbocycles. The molecule has 0 aromatic heterocycles. The summed E-state index contributed by atoms with van der Waals surface area (Å²) in [7, 11) is 1.51. The minimum Gasteiger partial charge on any atom is -0.394 e. The molecule has 0 aromatic rings. The van der Waals surface area contributed by atoms with E-state index >= 15 is 0 Å². The maximum absolute atomic E-state index is 14.6. The highest BCUT2D eigenvalue weighted by Crippen LogP contribution is 2.74. The first-order chi connectivity index (χ1) is 15.0. The molecule has 32 heavy (non-hydrogen) atoms. The summed E-state index contributed by atoms with van der Waals surface area (Å²) in [5.41, 5.74) is -1.55. The van der Waals surface area contributed by atoms with Crippen LogP contribution in [-0.4, -0.2) is 64.2 Å². The number of aliphatic hydroxyl groups is 2. The van der Waals surface area contributed by atoms with E-state index in [1.807, 2.05) is 13.8 Å². The van der Waals surface area contributed by atoms with Crippen LogP contribution in [0, 0.1) is 40.4 Å². The number of likely N-dealkylation sites (tertiary alicyclic amines) is 1. The first-order valence-electron chi connectivity index (χ1n) is 12.0. The van der Waals surface area contributed by atoms with Crippen LogP contribution in [0.4, 0.5) is 0 Å². The van der Waals surface area contributed by atoms with Crippen molar-refractivity contribution in [2.45, 2.75) is 71.3 Å². The average Bonchev–Trinajstić information content (AvgIpc) is 3.14. The van der Waals surface area contributed by atoms with Crippen LogP contribution in [-0.2, 0) is 19.1 Å². The predicted molar refractivity (Wildman–Crippen MR) is 115 cm³/mol. The van der Waals surface area contributed by atoms with Gasteiger partial charge in [0.2, 0.25) is 11.7 Å². The summed E-state index contributed by atoms with van der Waals surface area (Å²) < 4.78 is 6.12. The Balaban J connectivity index is 1.75. The van der Waals surface area contributed by atoms with Crippen LogP contribution in [0.3, 0.4) is 0 Å². The number of nitrogens with zero attached hydrogens (tertiary/aromatic N) is 1. The second-order valence-electron chi connectivity index (χ2n) is 11.4. The molecule has 176 valence electrons. The van der Waals surface area contributed by atoms with Gasteiger partial charge >= 0.3 is 0 Å². The molecular formula is C25H35NO6. The molecule has 2 heterocycles. The fourth-order valence-corrected chi connectivity index (χ4v) is 8.70. The van der Waals surface area contributed by atoms with E-state index in [0.717, 1.165) is 24.8 Å². The molecule has 7 heteroatoms. The average molecular weight is 446 g/mol. The maximum Gasteiger partial charge on any atom is 0.242 e. The Morgan fingerprint density at radius 1 is 1.31 bits per heavy atom. The summed E-state index contributed by atoms with van der Waals surface area (Å²) in [6.07, 6.45) is 4.52. The number of rotatable bonds is 3. The van der Waals surface area contributed by atoms with E-state index in [1.54, 1.807) is 0 Å². The number of Topliss-reactive ketones (excluding diaryl/α,β-unsaturated/α-hetero) is 2. The van der Waals surface area contributed by atoms with E-state index in [0.29, 0.717) is 5.92 Å². The SMILES string of the molecule is CC(=O)C[C@@H]1O[C@]2(O)[C@@H](CO)N(C)C(=O)[C@@]23C(=O)[C@@]2(C)[C@H](C(C)=C[C@H]4C[C@@H](C)CC[C@@H]42)[C@@H]13. The molecule has 1 amide bonds. The number of hydrogen-bond donors (Lipinski definition) is 2. The Morgan fingerprint density at radius 2 is 2.00 bits per heavy atom. The Hall–Kier alpha value is -1.57. The Bertz CT molecular complexity index is 929. The third-order valence-electron chi connectivity index (χ3n) is 9.79. The minimum atomic E-state index is -2.15. The highest BCUT2D eigenvalue weighted by Gasteiger charge is 2.88. The van der Waals surface area contributed by atoms with Crippen molar-refractivity contribution in [3.8, 4) is 0 Å². The number of ketones is 2. The van der Waals surface area contributed by atoms with Crippen molar-refractivity contribution < 1.29 is 29.3 Å². The van der Waals surface area contributed by atoms with Crippen molar-refractivity contribution in [1.29, 1.82) is 0 Å². The normalized spacial score (nSPS) is 51.8. The molecule has 0 bridgehead atoms. The molecule has 3 aliphatic carbocycles. The van der Waals surface area contributed by atoms with Gasteiger partial charge in [0.1, 0.15) is 11.8 Å². The van der Waals surface area contributed by atoms with Gasteiger partial charge in [-0.25, -0.2) is 0 Å². The summed E-state index contributed by atoms with van der Waals surface area (Å²) >= 11 is 0. The second kappa shape index (κ2) is 6.73. The summed E-state index contributed by atoms with van der Waals surface area (Å²) in [6, 6.07) is -1.05. The molecule has 5 aliphatic rings. The maximum atomic E-state index is 14.6. The lowest BCUT2D eigenvalue weighted by Gasteiger charge is -2.50. The van der Waals surface area contributed by atoms with Crippen LogP contribution < -0.4 is 0 Å². The number of fused-ring (bicyclic) bond motifs is 4. The molecule has 4 fully saturated rings. The van der Waals surface area contributed by atoms with Gasteiger partial charge in [0.15, 0.2) is 11.2 Å². The van der Waals surface area contributed by atoms with E-state index in [2.05, 4.69) is 13.0 Å². The lowest BCUT2D eigenvalue weighted by atomic mass is 9.53. The third kappa shape index (κ3) is 2.25. The van der Waals surface area contributed by atoms with Gasteiger partial charge in [-0.15, -0.1) is 0 Å². The molecule has 2 aliphatic heterocycles. The quantitative estimate of drug-likeness (QED) is 0.506. The van der Waals surface area contributed by atoms with Crippen molar-refractivity contribution >= 4 is 17.5 Å². The van der Waals surface area contributed by atoms with Crippen LogP contribution in [0.25, 0.3) is 0 Å². The summed E-state index contributed by atoms with van der Waals surface area (Å²) in [4.78, 5) is 41.9. The van der Waals surface area contributed by atoms with Crippen LogP contribution >= 0.6 is 0 Å². The fourth-order valence-electron chi connectivity index (χ4n) is 8.70. The summed E-state index contributed by atoms with van der Waals surface area (Å²) in [6.45, 7) is 7.20. The first-order valence-corrected chi connectivity index (χ1v) is 12.0. The molecule has 2 saturated heterocycles. The van der Waals surface area contributed by atoms with Gasteiger partial charge in [0.05, 0.1) is 12.7 Å². The van der Waals surface area contributed by atoms with E-state index in [-0.39, 0.29) is 35.7 Å². The second-order valence-corrected chi connectivity index (χ2v) is 11.4. The minimum absolute atomic E-state index is 0.0299. The fraction of sp³-hybridized carbons (Fsp3) is 0.800. The van der Waals surface area contributed by atoms with Crippen LogP contribution in [0.5, 0.6) is 0 Å². The number of ether oxygens (including phenoxy) is 1. The van der Waals surface area contributed by atoms with Gasteiger partial charge in [-0.05, 0) is 50.4 Å². The smallest absolute Gasteiger partial charge is 0.242 e. The van der Waals surface area contributed by atoms with Crippen molar-refractivity contribution in [3.05, 3.63) is 11.6 Å². The summed E-state index contributed by atoms with van der Waals surface area (Å²) in [5.74, 6) is -2.96. The number of carbonyl (C=O) groups is 3. The standard InChI is InChI=1S/C25H35NO6/c1-12-6-7-16-15(8-12)9-13(2)19-20-17(10-14(3)28)32-25(31)18(11-27)26(5)22(30)24(20,25)21(29)23(16,19)4/h9,12,15-20,27,31H,6-8,10-11H2,1-5H3/t12-,15+,16-,17-,18+,19+,20+,23+,24+,25+/m0/s1. The molecule has 2 N–H and O–H groups in total. The molecular weight excluding hydrogens is 410 g/mol. The molecule has 1 spiro atoms. The van der Waals surface area contributed by atoms with Gasteiger partial charge in [-0.3, -0.25) is 14.4 Å². The van der Waals surface area contributed by atoms with Gasteiger partial charge in [-0.1, -0.05) is 31.9 Å². The van der Waals surface area contributed by atoms with Crippen LogP contribution in [0.1, 0.15) is 53.4 Å². The van der Waals surface area contributed by atoms with E-state index in [9.17, 15) is 24.6 Å². The van der Waals surface area contributed by atoms with Crippen LogP contribution in [0.2, 0.25) is 0 Å². The molecule has 10 atom stereocenters. The number of amides is 1. The van der Waals surface area contributed by atoms with Crippen LogP contribution in [0.15, 0.2) is 11.6 Å². The van der Waals surface area contributed by atoms with Gasteiger partial charge in [0, 0.05) is 24.8 Å². The van der Waals surface area contributed by atoms with E-state index in [1.165, 1.54) is 18.9 Å². The number of allylic oxidation sites excluding steroid dienone is 2. The zero-order chi connectivity index (χ0) is 23.4. The Kier molecular flexibility index (Phi) is 4.68. The Labute approximate surface area is 189 Å². The summed E-state index contributed by atoms with van der Waals surface area (Å²) in [5, 5.41) is 22.0. The van der Waals surface area contributed by atoms with Crippen molar-refractivity contribution in [3.63, 3.8) is 0 Å². The van der Waals surface area contributed by atoms with Gasteiger partial charge < -0.3 is 19.8 Å². The zero-order valence-electron chi connectivity index (χ0n) is 19.6.